The van der Waals surface area contributed by atoms with Crippen molar-refractivity contribution in [1.29, 1.82) is 0 Å². The number of halogens is 2. The molecule has 0 aliphatic heterocycles. The topological polar surface area (TPSA) is 46.2 Å². The van der Waals surface area contributed by atoms with Crippen molar-refractivity contribution in [1.82, 2.24) is 4.98 Å². The Kier molecular flexibility index (Phi) is 5.35. The Morgan fingerprint density at radius 2 is 1.90 bits per heavy atom. The molecule has 112 valence electrons. The summed E-state index contributed by atoms with van der Waals surface area (Å²) in [6.45, 7) is 4.44. The molecule has 1 aromatic heterocycles. The summed E-state index contributed by atoms with van der Waals surface area (Å²) in [5, 5.41) is 7.58. The number of hydrogen-bond donors (Lipinski definition) is 2. The highest BCUT2D eigenvalue weighted by Crippen LogP contribution is 2.48. The van der Waals surface area contributed by atoms with E-state index in [0.29, 0.717) is 27.1 Å². The zero-order valence-corrected chi connectivity index (χ0v) is 13.4. The normalized spacial score (nSPS) is 16.0. The van der Waals surface area contributed by atoms with Crippen molar-refractivity contribution >= 4 is 34.8 Å². The van der Waals surface area contributed by atoms with Crippen molar-refractivity contribution in [3.63, 3.8) is 0 Å². The predicted octanol–water partition coefficient (Wildman–Crippen LogP) is 4.05. The third-order valence-electron chi connectivity index (χ3n) is 3.70. The van der Waals surface area contributed by atoms with Gasteiger partial charge in [0.1, 0.15) is 11.6 Å². The summed E-state index contributed by atoms with van der Waals surface area (Å²) in [6.07, 6.45) is 3.53. The summed E-state index contributed by atoms with van der Waals surface area (Å²) in [5.74, 6) is 1.36. The van der Waals surface area contributed by atoms with E-state index in [0.717, 1.165) is 26.1 Å². The molecule has 2 N–H and O–H groups in total. The Bertz CT molecular complexity index is 464. The van der Waals surface area contributed by atoms with Crippen molar-refractivity contribution in [2.45, 2.75) is 26.2 Å². The van der Waals surface area contributed by atoms with Gasteiger partial charge in [0.15, 0.2) is 0 Å². The molecule has 0 bridgehead atoms. The Balaban J connectivity index is 2.00. The lowest BCUT2D eigenvalue weighted by atomic mass is 10.0. The highest BCUT2D eigenvalue weighted by molar-refractivity contribution is 6.37. The van der Waals surface area contributed by atoms with E-state index in [1.165, 1.54) is 12.8 Å². The molecule has 1 fully saturated rings. The van der Waals surface area contributed by atoms with Crippen LogP contribution >= 0.6 is 23.2 Å². The van der Waals surface area contributed by atoms with E-state index in [-0.39, 0.29) is 0 Å². The number of methoxy groups -OCH3 is 1. The second-order valence-electron chi connectivity index (χ2n) is 5.28. The van der Waals surface area contributed by atoms with Gasteiger partial charge in [-0.3, -0.25) is 0 Å². The Hall–Kier alpha value is -0.710. The molecule has 2 rings (SSSR count). The quantitative estimate of drug-likeness (QED) is 0.759. The summed E-state index contributed by atoms with van der Waals surface area (Å²) in [4.78, 5) is 4.46. The van der Waals surface area contributed by atoms with Gasteiger partial charge in [0.2, 0.25) is 0 Å². The molecule has 1 aliphatic rings. The summed E-state index contributed by atoms with van der Waals surface area (Å²) in [5.41, 5.74) is 0.346. The van der Waals surface area contributed by atoms with Crippen LogP contribution in [0.25, 0.3) is 0 Å². The third kappa shape index (κ3) is 3.90. The number of aromatic nitrogens is 1. The van der Waals surface area contributed by atoms with Gasteiger partial charge >= 0.3 is 0 Å². The lowest BCUT2D eigenvalue weighted by Gasteiger charge is -2.17. The molecular weight excluding hydrogens is 297 g/mol. The third-order valence-corrected chi connectivity index (χ3v) is 4.27. The first-order valence-corrected chi connectivity index (χ1v) is 7.68. The lowest BCUT2D eigenvalue weighted by Crippen LogP contribution is -2.18. The molecule has 0 unspecified atom stereocenters. The first-order valence-electron chi connectivity index (χ1n) is 6.93. The second kappa shape index (κ2) is 6.83. The maximum absolute atomic E-state index is 6.19. The van der Waals surface area contributed by atoms with Gasteiger partial charge in [0.25, 0.3) is 0 Å². The van der Waals surface area contributed by atoms with Crippen molar-refractivity contribution in [2.75, 3.05) is 37.4 Å². The van der Waals surface area contributed by atoms with Crippen LogP contribution < -0.4 is 10.6 Å². The zero-order valence-electron chi connectivity index (χ0n) is 11.9. The van der Waals surface area contributed by atoms with E-state index in [2.05, 4.69) is 15.6 Å². The van der Waals surface area contributed by atoms with E-state index in [1.54, 1.807) is 13.2 Å². The first-order chi connectivity index (χ1) is 9.60. The fourth-order valence-corrected chi connectivity index (χ4v) is 2.66. The van der Waals surface area contributed by atoms with E-state index in [4.69, 9.17) is 27.9 Å². The minimum absolute atomic E-state index is 0.346. The van der Waals surface area contributed by atoms with Crippen molar-refractivity contribution in [3.05, 3.63) is 16.1 Å². The monoisotopic (exact) mass is 317 g/mol. The van der Waals surface area contributed by atoms with E-state index in [9.17, 15) is 0 Å². The molecule has 1 aromatic rings. The molecule has 0 atom stereocenters. The van der Waals surface area contributed by atoms with Crippen LogP contribution in [-0.2, 0) is 4.74 Å². The SMILES string of the molecule is CCNc1nc(NCC2(CCOC)CC2)c(Cl)cc1Cl. The number of nitrogens with zero attached hydrogens (tertiary/aromatic N) is 1. The first kappa shape index (κ1) is 15.7. The van der Waals surface area contributed by atoms with Crippen molar-refractivity contribution in [3.8, 4) is 0 Å². The van der Waals surface area contributed by atoms with Crippen LogP contribution in [-0.4, -0.2) is 31.8 Å². The molecule has 1 aliphatic carbocycles. The van der Waals surface area contributed by atoms with Crippen LogP contribution in [0, 0.1) is 5.41 Å². The smallest absolute Gasteiger partial charge is 0.147 e. The van der Waals surface area contributed by atoms with Gasteiger partial charge in [0.05, 0.1) is 10.0 Å². The second-order valence-corrected chi connectivity index (χ2v) is 6.09. The summed E-state index contributed by atoms with van der Waals surface area (Å²) in [6, 6.07) is 1.73. The largest absolute Gasteiger partial charge is 0.385 e. The molecule has 20 heavy (non-hydrogen) atoms. The fraction of sp³-hybridized carbons (Fsp3) is 0.643. The molecule has 0 radical (unpaired) electrons. The van der Waals surface area contributed by atoms with Gasteiger partial charge < -0.3 is 15.4 Å². The number of hydrogen-bond acceptors (Lipinski definition) is 4. The highest BCUT2D eigenvalue weighted by atomic mass is 35.5. The van der Waals surface area contributed by atoms with Crippen LogP contribution in [0.3, 0.4) is 0 Å². The van der Waals surface area contributed by atoms with E-state index in [1.807, 2.05) is 6.92 Å². The molecule has 0 saturated heterocycles. The number of anilines is 2. The standard InChI is InChI=1S/C14H21Cl2N3O/c1-3-17-12-10(15)8-11(16)13(19-12)18-9-14(4-5-14)6-7-20-2/h8H,3-7,9H2,1-2H3,(H2,17,18,19). The van der Waals surface area contributed by atoms with Gasteiger partial charge in [-0.2, -0.15) is 0 Å². The minimum atomic E-state index is 0.346. The van der Waals surface area contributed by atoms with Crippen LogP contribution in [0.15, 0.2) is 6.07 Å². The molecule has 0 aromatic carbocycles. The Labute approximate surface area is 130 Å². The van der Waals surface area contributed by atoms with Gasteiger partial charge in [-0.05, 0) is 37.7 Å². The molecule has 1 heterocycles. The van der Waals surface area contributed by atoms with Gasteiger partial charge in [-0.1, -0.05) is 23.2 Å². The predicted molar refractivity (Wildman–Crippen MR) is 85.1 cm³/mol. The molecule has 0 amide bonds. The zero-order chi connectivity index (χ0) is 14.6. The average Bonchev–Trinajstić information content (AvgIpc) is 3.19. The summed E-state index contributed by atoms with van der Waals surface area (Å²) >= 11 is 12.3. The van der Waals surface area contributed by atoms with Gasteiger partial charge in [-0.25, -0.2) is 4.98 Å². The van der Waals surface area contributed by atoms with Crippen LogP contribution in [0.1, 0.15) is 26.2 Å². The molecule has 0 spiro atoms. The molecular formula is C14H21Cl2N3O. The average molecular weight is 318 g/mol. The van der Waals surface area contributed by atoms with E-state index >= 15 is 0 Å². The van der Waals surface area contributed by atoms with Crippen LogP contribution in [0.4, 0.5) is 11.6 Å². The maximum Gasteiger partial charge on any atom is 0.147 e. The van der Waals surface area contributed by atoms with Crippen LogP contribution in [0.5, 0.6) is 0 Å². The highest BCUT2D eigenvalue weighted by Gasteiger charge is 2.41. The molecule has 1 saturated carbocycles. The minimum Gasteiger partial charge on any atom is -0.385 e. The fourth-order valence-electron chi connectivity index (χ4n) is 2.16. The van der Waals surface area contributed by atoms with Crippen molar-refractivity contribution in [2.24, 2.45) is 5.41 Å². The Morgan fingerprint density at radius 3 is 2.45 bits per heavy atom. The molecule has 4 nitrogen and oxygen atoms in total. The number of rotatable bonds is 8. The lowest BCUT2D eigenvalue weighted by molar-refractivity contribution is 0.175. The maximum atomic E-state index is 6.19. The number of nitrogens with one attached hydrogen (secondary N) is 2. The number of ether oxygens (including phenoxy) is 1. The number of pyridine rings is 1. The Morgan fingerprint density at radius 1 is 1.25 bits per heavy atom. The molecule has 6 heteroatoms. The summed E-state index contributed by atoms with van der Waals surface area (Å²) < 4.78 is 5.16. The van der Waals surface area contributed by atoms with Crippen LogP contribution in [0.2, 0.25) is 10.0 Å². The van der Waals surface area contributed by atoms with Gasteiger partial charge in [-0.15, -0.1) is 0 Å². The van der Waals surface area contributed by atoms with E-state index < -0.39 is 0 Å². The summed E-state index contributed by atoms with van der Waals surface area (Å²) in [7, 11) is 1.74. The van der Waals surface area contributed by atoms with Gasteiger partial charge in [0, 0.05) is 26.8 Å². The van der Waals surface area contributed by atoms with Crippen molar-refractivity contribution < 1.29 is 4.74 Å².